The van der Waals surface area contributed by atoms with Gasteiger partial charge in [0.1, 0.15) is 24.3 Å². The molecule has 1 atom stereocenters. The monoisotopic (exact) mass is 274 g/mol. The summed E-state index contributed by atoms with van der Waals surface area (Å²) in [6.07, 6.45) is 3.25. The molecular formula is C12H14N6S. The number of thiophene rings is 1. The Morgan fingerprint density at radius 3 is 3.11 bits per heavy atom. The number of hydrogen-bond donors (Lipinski definition) is 1. The van der Waals surface area contributed by atoms with Crippen LogP contribution >= 0.6 is 11.3 Å². The van der Waals surface area contributed by atoms with Crippen LogP contribution in [0.25, 0.3) is 10.2 Å². The van der Waals surface area contributed by atoms with Crippen LogP contribution in [-0.4, -0.2) is 30.8 Å². The molecule has 3 rings (SSSR count). The van der Waals surface area contributed by atoms with E-state index in [-0.39, 0.29) is 6.04 Å². The maximum absolute atomic E-state index is 4.49. The third kappa shape index (κ3) is 2.55. The second kappa shape index (κ2) is 4.93. The summed E-state index contributed by atoms with van der Waals surface area (Å²) in [6.45, 7) is 4.75. The summed E-state index contributed by atoms with van der Waals surface area (Å²) in [5, 5.41) is 9.56. The molecule has 0 radical (unpaired) electrons. The molecule has 19 heavy (non-hydrogen) atoms. The molecule has 0 bridgehead atoms. The molecule has 98 valence electrons. The lowest BCUT2D eigenvalue weighted by Crippen LogP contribution is -2.23. The number of nitrogens with one attached hydrogen (secondary N) is 1. The summed E-state index contributed by atoms with van der Waals surface area (Å²) in [6, 6.07) is 2.23. The normalized spacial score (nSPS) is 12.7. The highest BCUT2D eigenvalue weighted by atomic mass is 32.1. The van der Waals surface area contributed by atoms with Crippen LogP contribution in [0.3, 0.4) is 0 Å². The Kier molecular flexibility index (Phi) is 3.12. The van der Waals surface area contributed by atoms with Crippen molar-refractivity contribution < 1.29 is 0 Å². The van der Waals surface area contributed by atoms with E-state index in [1.54, 1.807) is 28.7 Å². The van der Waals surface area contributed by atoms with E-state index in [0.717, 1.165) is 28.4 Å². The van der Waals surface area contributed by atoms with Crippen molar-refractivity contribution in [1.82, 2.24) is 24.7 Å². The van der Waals surface area contributed by atoms with Crippen LogP contribution in [0.15, 0.2) is 24.1 Å². The molecule has 3 heterocycles. The maximum atomic E-state index is 4.49. The van der Waals surface area contributed by atoms with Crippen molar-refractivity contribution >= 4 is 27.4 Å². The quantitative estimate of drug-likeness (QED) is 0.789. The van der Waals surface area contributed by atoms with Gasteiger partial charge in [0.25, 0.3) is 0 Å². The number of nitrogens with zero attached hydrogens (tertiary/aromatic N) is 5. The minimum Gasteiger partial charge on any atom is -0.364 e. The molecule has 0 saturated carbocycles. The van der Waals surface area contributed by atoms with Crippen molar-refractivity contribution in [1.29, 1.82) is 0 Å². The summed E-state index contributed by atoms with van der Waals surface area (Å²) < 4.78 is 2.90. The van der Waals surface area contributed by atoms with E-state index in [1.807, 2.05) is 18.4 Å². The van der Waals surface area contributed by atoms with Gasteiger partial charge in [-0.25, -0.2) is 15.0 Å². The molecule has 0 aliphatic heterocycles. The highest BCUT2D eigenvalue weighted by Crippen LogP contribution is 2.26. The predicted octanol–water partition coefficient (Wildman–Crippen LogP) is 2.09. The van der Waals surface area contributed by atoms with Crippen LogP contribution in [0.1, 0.15) is 12.7 Å². The van der Waals surface area contributed by atoms with Crippen molar-refractivity contribution in [2.45, 2.75) is 26.4 Å². The minimum atomic E-state index is 0.210. The van der Waals surface area contributed by atoms with E-state index in [1.165, 1.54) is 0 Å². The average molecular weight is 274 g/mol. The van der Waals surface area contributed by atoms with Gasteiger partial charge in [0, 0.05) is 6.04 Å². The maximum Gasteiger partial charge on any atom is 0.148 e. The third-order valence-corrected chi connectivity index (χ3v) is 3.64. The van der Waals surface area contributed by atoms with Crippen molar-refractivity contribution in [3.05, 3.63) is 29.9 Å². The Hall–Kier alpha value is -2.02. The predicted molar refractivity (Wildman–Crippen MR) is 75.3 cm³/mol. The van der Waals surface area contributed by atoms with Crippen LogP contribution in [0.4, 0.5) is 5.82 Å². The number of hydrogen-bond acceptors (Lipinski definition) is 6. The zero-order chi connectivity index (χ0) is 13.2. The number of rotatable bonds is 4. The van der Waals surface area contributed by atoms with Crippen LogP contribution < -0.4 is 5.32 Å². The van der Waals surface area contributed by atoms with Gasteiger partial charge in [-0.2, -0.15) is 5.10 Å². The first kappa shape index (κ1) is 12.0. The van der Waals surface area contributed by atoms with Crippen molar-refractivity contribution in [3.8, 4) is 0 Å². The number of aromatic nitrogens is 5. The molecule has 1 N–H and O–H groups in total. The lowest BCUT2D eigenvalue weighted by atomic mass is 10.3. The van der Waals surface area contributed by atoms with Gasteiger partial charge in [0.05, 0.1) is 16.8 Å². The van der Waals surface area contributed by atoms with Gasteiger partial charge < -0.3 is 5.32 Å². The zero-order valence-electron chi connectivity index (χ0n) is 10.7. The van der Waals surface area contributed by atoms with Gasteiger partial charge in [-0.1, -0.05) is 0 Å². The molecule has 0 fully saturated rings. The summed E-state index contributed by atoms with van der Waals surface area (Å²) in [4.78, 5) is 12.8. The Balaban J connectivity index is 1.82. The largest absolute Gasteiger partial charge is 0.364 e. The average Bonchev–Trinajstić information content (AvgIpc) is 2.99. The lowest BCUT2D eigenvalue weighted by molar-refractivity contribution is 0.558. The van der Waals surface area contributed by atoms with Gasteiger partial charge in [0.15, 0.2) is 0 Å². The molecular weight excluding hydrogens is 260 g/mol. The molecule has 3 aromatic heterocycles. The number of aryl methyl sites for hydroxylation is 1. The second-order valence-electron chi connectivity index (χ2n) is 4.42. The smallest absolute Gasteiger partial charge is 0.148 e. The Morgan fingerprint density at radius 1 is 1.42 bits per heavy atom. The number of anilines is 1. The van der Waals surface area contributed by atoms with E-state index in [4.69, 9.17) is 0 Å². The first-order chi connectivity index (χ1) is 9.22. The fraction of sp³-hybridized carbons (Fsp3) is 0.333. The van der Waals surface area contributed by atoms with E-state index < -0.39 is 0 Å². The zero-order valence-corrected chi connectivity index (χ0v) is 11.6. The molecule has 6 nitrogen and oxygen atoms in total. The summed E-state index contributed by atoms with van der Waals surface area (Å²) >= 11 is 1.65. The molecule has 0 saturated heterocycles. The highest BCUT2D eigenvalue weighted by molar-refractivity contribution is 7.17. The molecule has 0 aromatic carbocycles. The molecule has 0 spiro atoms. The first-order valence-corrected chi connectivity index (χ1v) is 6.91. The van der Waals surface area contributed by atoms with E-state index >= 15 is 0 Å². The number of fused-ring (bicyclic) bond motifs is 1. The fourth-order valence-electron chi connectivity index (χ4n) is 1.96. The molecule has 0 unspecified atom stereocenters. The molecule has 0 aliphatic carbocycles. The van der Waals surface area contributed by atoms with Gasteiger partial charge >= 0.3 is 0 Å². The summed E-state index contributed by atoms with van der Waals surface area (Å²) in [5.41, 5.74) is 0.993. The Bertz CT molecular complexity index is 675. The Labute approximate surface area is 114 Å². The first-order valence-electron chi connectivity index (χ1n) is 6.03. The van der Waals surface area contributed by atoms with Crippen molar-refractivity contribution in [3.63, 3.8) is 0 Å². The van der Waals surface area contributed by atoms with Crippen LogP contribution in [0, 0.1) is 6.92 Å². The van der Waals surface area contributed by atoms with Crippen molar-refractivity contribution in [2.75, 3.05) is 5.32 Å². The molecule has 7 heteroatoms. The van der Waals surface area contributed by atoms with E-state index in [2.05, 4.69) is 32.3 Å². The molecule has 0 aliphatic rings. The highest BCUT2D eigenvalue weighted by Gasteiger charge is 2.10. The van der Waals surface area contributed by atoms with E-state index in [0.29, 0.717) is 0 Å². The van der Waals surface area contributed by atoms with Crippen LogP contribution in [0.2, 0.25) is 0 Å². The van der Waals surface area contributed by atoms with E-state index in [9.17, 15) is 0 Å². The SMILES string of the molecule is Cc1nc(N[C@@H](C)Cn2cncn2)c2sccc2n1. The van der Waals surface area contributed by atoms with Crippen molar-refractivity contribution in [2.24, 2.45) is 0 Å². The van der Waals surface area contributed by atoms with Gasteiger partial charge in [-0.3, -0.25) is 4.68 Å². The Morgan fingerprint density at radius 2 is 2.32 bits per heavy atom. The summed E-state index contributed by atoms with van der Waals surface area (Å²) in [5.74, 6) is 1.67. The van der Waals surface area contributed by atoms with Crippen LogP contribution in [-0.2, 0) is 6.54 Å². The van der Waals surface area contributed by atoms with Crippen LogP contribution in [0.5, 0.6) is 0 Å². The molecule has 0 amide bonds. The lowest BCUT2D eigenvalue weighted by Gasteiger charge is -2.15. The minimum absolute atomic E-state index is 0.210. The molecule has 3 aromatic rings. The van der Waals surface area contributed by atoms with Gasteiger partial charge in [0.2, 0.25) is 0 Å². The fourth-order valence-corrected chi connectivity index (χ4v) is 2.75. The summed E-state index contributed by atoms with van der Waals surface area (Å²) in [7, 11) is 0. The van der Waals surface area contributed by atoms with Gasteiger partial charge in [-0.15, -0.1) is 11.3 Å². The second-order valence-corrected chi connectivity index (χ2v) is 5.33. The topological polar surface area (TPSA) is 68.5 Å². The standard InChI is InChI=1S/C12H14N6S/c1-8(5-18-7-13-6-14-18)15-12-11-10(3-4-19-11)16-9(2)17-12/h3-4,6-8H,5H2,1-2H3,(H,15,16,17)/t8-/m0/s1. The van der Waals surface area contributed by atoms with Gasteiger partial charge in [-0.05, 0) is 25.3 Å². The third-order valence-electron chi connectivity index (χ3n) is 2.73.